The number of amides is 1. The highest BCUT2D eigenvalue weighted by Crippen LogP contribution is 2.19. The van der Waals surface area contributed by atoms with Gasteiger partial charge in [0, 0.05) is 11.5 Å². The standard InChI is InChI=1S/C17H15NO4/c19-14(16-6-3-9-21-16)11-18-17(20)8-7-13-10-12-4-1-2-5-15(12)22-13/h1-10,14,19H,11H2,(H,18,20)/b8-7+. The number of para-hydroxylation sites is 1. The van der Waals surface area contributed by atoms with Crippen LogP contribution in [-0.4, -0.2) is 17.6 Å². The minimum absolute atomic E-state index is 0.0802. The lowest BCUT2D eigenvalue weighted by Crippen LogP contribution is -2.26. The van der Waals surface area contributed by atoms with Gasteiger partial charge in [-0.3, -0.25) is 4.79 Å². The molecule has 0 bridgehead atoms. The summed E-state index contributed by atoms with van der Waals surface area (Å²) in [6.45, 7) is 0.0802. The maximum absolute atomic E-state index is 11.7. The first-order chi connectivity index (χ1) is 10.7. The van der Waals surface area contributed by atoms with Crippen LogP contribution in [0.4, 0.5) is 0 Å². The van der Waals surface area contributed by atoms with E-state index in [0.29, 0.717) is 11.5 Å². The number of hydrogen-bond donors (Lipinski definition) is 2. The molecule has 3 aromatic rings. The molecule has 0 spiro atoms. The lowest BCUT2D eigenvalue weighted by Gasteiger charge is -2.07. The second kappa shape index (κ2) is 6.32. The largest absolute Gasteiger partial charge is 0.467 e. The lowest BCUT2D eigenvalue weighted by atomic mass is 10.2. The van der Waals surface area contributed by atoms with Gasteiger partial charge in [0.1, 0.15) is 23.2 Å². The molecular weight excluding hydrogens is 282 g/mol. The fourth-order valence-corrected chi connectivity index (χ4v) is 2.08. The van der Waals surface area contributed by atoms with Crippen LogP contribution in [0.15, 0.2) is 63.6 Å². The highest BCUT2D eigenvalue weighted by atomic mass is 16.4. The zero-order valence-electron chi connectivity index (χ0n) is 11.7. The third kappa shape index (κ3) is 3.27. The van der Waals surface area contributed by atoms with Crippen LogP contribution in [0.25, 0.3) is 17.0 Å². The van der Waals surface area contributed by atoms with Gasteiger partial charge in [0.2, 0.25) is 5.91 Å². The van der Waals surface area contributed by atoms with Gasteiger partial charge in [-0.1, -0.05) is 18.2 Å². The van der Waals surface area contributed by atoms with Gasteiger partial charge in [0.25, 0.3) is 0 Å². The number of benzene rings is 1. The smallest absolute Gasteiger partial charge is 0.244 e. The van der Waals surface area contributed by atoms with Gasteiger partial charge in [-0.25, -0.2) is 0 Å². The predicted octanol–water partition coefficient (Wildman–Crippen LogP) is 2.89. The van der Waals surface area contributed by atoms with Crippen molar-refractivity contribution in [2.45, 2.75) is 6.10 Å². The second-order valence-electron chi connectivity index (χ2n) is 4.80. The quantitative estimate of drug-likeness (QED) is 0.710. The minimum atomic E-state index is -0.862. The maximum atomic E-state index is 11.7. The number of carbonyl (C=O) groups is 1. The molecule has 2 heterocycles. The Hall–Kier alpha value is -2.79. The van der Waals surface area contributed by atoms with Crippen LogP contribution in [0, 0.1) is 0 Å². The topological polar surface area (TPSA) is 75.6 Å². The van der Waals surface area contributed by atoms with Crippen molar-refractivity contribution in [3.05, 3.63) is 66.3 Å². The third-order valence-electron chi connectivity index (χ3n) is 3.18. The molecule has 3 rings (SSSR count). The van der Waals surface area contributed by atoms with E-state index in [-0.39, 0.29) is 12.5 Å². The van der Waals surface area contributed by atoms with E-state index in [1.165, 1.54) is 12.3 Å². The first-order valence-electron chi connectivity index (χ1n) is 6.88. The zero-order valence-corrected chi connectivity index (χ0v) is 11.7. The van der Waals surface area contributed by atoms with Crippen molar-refractivity contribution in [1.82, 2.24) is 5.32 Å². The molecule has 0 radical (unpaired) electrons. The summed E-state index contributed by atoms with van der Waals surface area (Å²) in [5, 5.41) is 13.4. The molecular formula is C17H15NO4. The van der Waals surface area contributed by atoms with Crippen molar-refractivity contribution in [1.29, 1.82) is 0 Å². The highest BCUT2D eigenvalue weighted by Gasteiger charge is 2.10. The van der Waals surface area contributed by atoms with Crippen molar-refractivity contribution in [2.24, 2.45) is 0 Å². The molecule has 0 saturated carbocycles. The molecule has 0 aliphatic rings. The van der Waals surface area contributed by atoms with Gasteiger partial charge >= 0.3 is 0 Å². The summed E-state index contributed by atoms with van der Waals surface area (Å²) < 4.78 is 10.6. The van der Waals surface area contributed by atoms with Crippen LogP contribution in [0.2, 0.25) is 0 Å². The SMILES string of the molecule is O=C(/C=C/c1cc2ccccc2o1)NCC(O)c1ccco1. The molecule has 2 N–H and O–H groups in total. The van der Waals surface area contributed by atoms with E-state index < -0.39 is 6.10 Å². The zero-order chi connectivity index (χ0) is 15.4. The number of aliphatic hydroxyl groups excluding tert-OH is 1. The third-order valence-corrected chi connectivity index (χ3v) is 3.18. The van der Waals surface area contributed by atoms with Crippen LogP contribution in [-0.2, 0) is 4.79 Å². The number of fused-ring (bicyclic) bond motifs is 1. The number of rotatable bonds is 5. The van der Waals surface area contributed by atoms with E-state index in [9.17, 15) is 9.90 Å². The fourth-order valence-electron chi connectivity index (χ4n) is 2.08. The first kappa shape index (κ1) is 14.2. The Morgan fingerprint density at radius 2 is 2.14 bits per heavy atom. The van der Waals surface area contributed by atoms with Crippen LogP contribution >= 0.6 is 0 Å². The first-order valence-corrected chi connectivity index (χ1v) is 6.88. The van der Waals surface area contributed by atoms with E-state index in [1.807, 2.05) is 30.3 Å². The maximum Gasteiger partial charge on any atom is 0.244 e. The molecule has 2 aromatic heterocycles. The predicted molar refractivity (Wildman–Crippen MR) is 81.9 cm³/mol. The molecule has 5 heteroatoms. The van der Waals surface area contributed by atoms with Crippen LogP contribution < -0.4 is 5.32 Å². The van der Waals surface area contributed by atoms with Gasteiger partial charge in [-0.05, 0) is 30.3 Å². The summed E-state index contributed by atoms with van der Waals surface area (Å²) in [6, 6.07) is 12.8. The van der Waals surface area contributed by atoms with Crippen LogP contribution in [0.1, 0.15) is 17.6 Å². The van der Waals surface area contributed by atoms with Gasteiger partial charge in [-0.2, -0.15) is 0 Å². The molecule has 0 aliphatic heterocycles. The molecule has 1 aromatic carbocycles. The minimum Gasteiger partial charge on any atom is -0.467 e. The molecule has 22 heavy (non-hydrogen) atoms. The molecule has 1 atom stereocenters. The van der Waals surface area contributed by atoms with Gasteiger partial charge in [-0.15, -0.1) is 0 Å². The number of carbonyl (C=O) groups excluding carboxylic acids is 1. The average Bonchev–Trinajstić information content (AvgIpc) is 3.19. The highest BCUT2D eigenvalue weighted by molar-refractivity contribution is 5.92. The van der Waals surface area contributed by atoms with E-state index in [1.54, 1.807) is 18.2 Å². The van der Waals surface area contributed by atoms with Crippen LogP contribution in [0.5, 0.6) is 0 Å². The van der Waals surface area contributed by atoms with Gasteiger partial charge in [0.05, 0.1) is 12.8 Å². The van der Waals surface area contributed by atoms with Crippen molar-refractivity contribution in [3.63, 3.8) is 0 Å². The summed E-state index contributed by atoms with van der Waals surface area (Å²) >= 11 is 0. The van der Waals surface area contributed by atoms with Crippen molar-refractivity contribution >= 4 is 23.0 Å². The molecule has 0 aliphatic carbocycles. The van der Waals surface area contributed by atoms with Crippen LogP contribution in [0.3, 0.4) is 0 Å². The van der Waals surface area contributed by atoms with Crippen molar-refractivity contribution in [2.75, 3.05) is 6.54 Å². The van der Waals surface area contributed by atoms with E-state index in [4.69, 9.17) is 8.83 Å². The number of nitrogens with one attached hydrogen (secondary N) is 1. The van der Waals surface area contributed by atoms with Gasteiger partial charge < -0.3 is 19.3 Å². The molecule has 1 unspecified atom stereocenters. The summed E-state index contributed by atoms with van der Waals surface area (Å²) in [6.07, 6.45) is 3.57. The molecule has 0 fully saturated rings. The normalized spacial score (nSPS) is 12.8. The Kier molecular flexibility index (Phi) is 4.07. The Labute approximate surface area is 126 Å². The summed E-state index contributed by atoms with van der Waals surface area (Å²) in [4.78, 5) is 11.7. The average molecular weight is 297 g/mol. The fraction of sp³-hybridized carbons (Fsp3) is 0.118. The van der Waals surface area contributed by atoms with Gasteiger partial charge in [0.15, 0.2) is 0 Å². The lowest BCUT2D eigenvalue weighted by molar-refractivity contribution is -0.116. The van der Waals surface area contributed by atoms with Crippen molar-refractivity contribution < 1.29 is 18.7 Å². The Bertz CT molecular complexity index is 753. The number of hydrogen-bond acceptors (Lipinski definition) is 4. The Morgan fingerprint density at radius 1 is 1.27 bits per heavy atom. The monoisotopic (exact) mass is 297 g/mol. The van der Waals surface area contributed by atoms with Crippen molar-refractivity contribution in [3.8, 4) is 0 Å². The molecule has 5 nitrogen and oxygen atoms in total. The number of aliphatic hydroxyl groups is 1. The molecule has 112 valence electrons. The summed E-state index contributed by atoms with van der Waals surface area (Å²) in [7, 11) is 0. The molecule has 1 amide bonds. The van der Waals surface area contributed by atoms with E-state index >= 15 is 0 Å². The van der Waals surface area contributed by atoms with E-state index in [2.05, 4.69) is 5.32 Å². The summed E-state index contributed by atoms with van der Waals surface area (Å²) in [5.41, 5.74) is 0.774. The second-order valence-corrected chi connectivity index (χ2v) is 4.80. The summed E-state index contributed by atoms with van der Waals surface area (Å²) in [5.74, 6) is 0.704. The van der Waals surface area contributed by atoms with E-state index in [0.717, 1.165) is 11.0 Å². The Morgan fingerprint density at radius 3 is 2.91 bits per heavy atom. The number of furan rings is 2. The molecule has 0 saturated heterocycles. The Balaban J connectivity index is 1.57.